The van der Waals surface area contributed by atoms with Crippen molar-refractivity contribution in [1.82, 2.24) is 5.32 Å². The summed E-state index contributed by atoms with van der Waals surface area (Å²) in [6.45, 7) is 2.21. The third-order valence-corrected chi connectivity index (χ3v) is 5.16. The van der Waals surface area contributed by atoms with Crippen LogP contribution in [0, 0.1) is 11.8 Å². The number of hydrogen-bond donors (Lipinski definition) is 2. The molecule has 2 rings (SSSR count). The quantitative estimate of drug-likeness (QED) is 0.786. The van der Waals surface area contributed by atoms with Crippen molar-refractivity contribution in [2.24, 2.45) is 11.8 Å². The lowest BCUT2D eigenvalue weighted by Gasteiger charge is -2.40. The summed E-state index contributed by atoms with van der Waals surface area (Å²) >= 11 is 0. The average molecular weight is 281 g/mol. The number of carboxylic acids is 1. The van der Waals surface area contributed by atoms with Gasteiger partial charge in [-0.2, -0.15) is 0 Å². The van der Waals surface area contributed by atoms with Crippen LogP contribution in [0.15, 0.2) is 0 Å². The van der Waals surface area contributed by atoms with Gasteiger partial charge in [-0.25, -0.2) is 4.79 Å². The van der Waals surface area contributed by atoms with Gasteiger partial charge in [0.25, 0.3) is 0 Å². The van der Waals surface area contributed by atoms with E-state index in [1.807, 2.05) is 0 Å². The van der Waals surface area contributed by atoms with Gasteiger partial charge in [0, 0.05) is 5.92 Å². The first kappa shape index (κ1) is 15.3. The van der Waals surface area contributed by atoms with Crippen LogP contribution in [0.25, 0.3) is 0 Å². The van der Waals surface area contributed by atoms with Crippen molar-refractivity contribution < 1.29 is 14.7 Å². The Morgan fingerprint density at radius 3 is 2.30 bits per heavy atom. The Balaban J connectivity index is 1.78. The topological polar surface area (TPSA) is 66.4 Å². The van der Waals surface area contributed by atoms with Crippen molar-refractivity contribution in [2.75, 3.05) is 0 Å². The zero-order valence-corrected chi connectivity index (χ0v) is 12.5. The summed E-state index contributed by atoms with van der Waals surface area (Å²) in [4.78, 5) is 23.5. The van der Waals surface area contributed by atoms with Crippen LogP contribution in [-0.4, -0.2) is 22.5 Å². The number of carbonyl (C=O) groups is 2. The number of aliphatic carboxylic acids is 1. The van der Waals surface area contributed by atoms with Crippen LogP contribution in [0.4, 0.5) is 0 Å². The van der Waals surface area contributed by atoms with Gasteiger partial charge in [0.2, 0.25) is 5.91 Å². The minimum Gasteiger partial charge on any atom is -0.480 e. The Morgan fingerprint density at radius 2 is 1.85 bits per heavy atom. The average Bonchev–Trinajstić information content (AvgIpc) is 2.40. The number of hydrogen-bond acceptors (Lipinski definition) is 2. The summed E-state index contributed by atoms with van der Waals surface area (Å²) in [5.41, 5.74) is -0.948. The van der Waals surface area contributed by atoms with Crippen LogP contribution in [-0.2, 0) is 9.59 Å². The Morgan fingerprint density at radius 1 is 1.20 bits per heavy atom. The summed E-state index contributed by atoms with van der Waals surface area (Å²) in [6, 6.07) is 0. The maximum atomic E-state index is 12.3. The predicted molar refractivity (Wildman–Crippen MR) is 77.3 cm³/mol. The molecule has 0 radical (unpaired) electrons. The minimum atomic E-state index is -0.948. The number of unbranched alkanes of at least 4 members (excludes halogenated alkanes) is 1. The van der Waals surface area contributed by atoms with Gasteiger partial charge in [0.05, 0.1) is 0 Å². The first-order chi connectivity index (χ1) is 9.57. The SMILES string of the molecule is CCCCC1CCC(C(=O)NC2(C(=O)O)CCC2)CC1. The highest BCUT2D eigenvalue weighted by Crippen LogP contribution is 2.35. The maximum absolute atomic E-state index is 12.3. The van der Waals surface area contributed by atoms with Gasteiger partial charge in [0.15, 0.2) is 0 Å². The molecule has 0 aliphatic heterocycles. The van der Waals surface area contributed by atoms with Gasteiger partial charge in [-0.05, 0) is 50.9 Å². The molecule has 2 fully saturated rings. The lowest BCUT2D eigenvalue weighted by atomic mass is 9.75. The summed E-state index contributed by atoms with van der Waals surface area (Å²) in [5.74, 6) is -0.0874. The molecular formula is C16H27NO3. The standard InChI is InChI=1S/C16H27NO3/c1-2-3-5-12-6-8-13(9-7-12)14(18)17-16(15(19)20)10-4-11-16/h12-13H,2-11H2,1H3,(H,17,18)(H,19,20). The van der Waals surface area contributed by atoms with Crippen LogP contribution in [0.1, 0.15) is 71.1 Å². The Labute approximate surface area is 121 Å². The molecule has 0 heterocycles. The van der Waals surface area contributed by atoms with Gasteiger partial charge in [-0.1, -0.05) is 26.2 Å². The molecule has 0 saturated heterocycles. The molecule has 0 atom stereocenters. The monoisotopic (exact) mass is 281 g/mol. The third kappa shape index (κ3) is 3.33. The van der Waals surface area contributed by atoms with E-state index in [9.17, 15) is 14.7 Å². The molecular weight excluding hydrogens is 254 g/mol. The third-order valence-electron chi connectivity index (χ3n) is 5.16. The van der Waals surface area contributed by atoms with E-state index in [0.29, 0.717) is 12.8 Å². The van der Waals surface area contributed by atoms with Gasteiger partial charge < -0.3 is 10.4 Å². The van der Waals surface area contributed by atoms with Crippen molar-refractivity contribution in [3.63, 3.8) is 0 Å². The maximum Gasteiger partial charge on any atom is 0.329 e. The minimum absolute atomic E-state index is 0.0268. The number of rotatable bonds is 6. The predicted octanol–water partition coefficient (Wildman–Crippen LogP) is 3.11. The van der Waals surface area contributed by atoms with E-state index in [-0.39, 0.29) is 11.8 Å². The number of carbonyl (C=O) groups excluding carboxylic acids is 1. The van der Waals surface area contributed by atoms with Gasteiger partial charge in [-0.3, -0.25) is 4.79 Å². The highest BCUT2D eigenvalue weighted by molar-refractivity contribution is 5.88. The van der Waals surface area contributed by atoms with E-state index >= 15 is 0 Å². The van der Waals surface area contributed by atoms with Crippen LogP contribution in [0.3, 0.4) is 0 Å². The van der Waals surface area contributed by atoms with E-state index in [1.54, 1.807) is 0 Å². The van der Waals surface area contributed by atoms with Crippen LogP contribution < -0.4 is 5.32 Å². The second-order valence-corrected chi connectivity index (χ2v) is 6.59. The van der Waals surface area contributed by atoms with E-state index in [2.05, 4.69) is 12.2 Å². The molecule has 114 valence electrons. The van der Waals surface area contributed by atoms with Gasteiger partial charge in [-0.15, -0.1) is 0 Å². The molecule has 1 amide bonds. The molecule has 20 heavy (non-hydrogen) atoms. The van der Waals surface area contributed by atoms with Crippen molar-refractivity contribution in [3.05, 3.63) is 0 Å². The molecule has 0 spiro atoms. The van der Waals surface area contributed by atoms with Crippen LogP contribution in [0.2, 0.25) is 0 Å². The zero-order chi connectivity index (χ0) is 14.6. The van der Waals surface area contributed by atoms with Crippen molar-refractivity contribution >= 4 is 11.9 Å². The second kappa shape index (κ2) is 6.59. The van der Waals surface area contributed by atoms with Crippen molar-refractivity contribution in [2.45, 2.75) is 76.7 Å². The lowest BCUT2D eigenvalue weighted by Crippen LogP contribution is -2.60. The molecule has 2 aliphatic rings. The molecule has 2 aliphatic carbocycles. The number of amides is 1. The first-order valence-electron chi connectivity index (χ1n) is 8.13. The molecule has 2 saturated carbocycles. The fraction of sp³-hybridized carbons (Fsp3) is 0.875. The fourth-order valence-corrected chi connectivity index (χ4v) is 3.47. The molecule has 4 heteroatoms. The Kier molecular flexibility index (Phi) is 5.06. The van der Waals surface area contributed by atoms with Crippen molar-refractivity contribution in [1.29, 1.82) is 0 Å². The molecule has 0 aromatic carbocycles. The van der Waals surface area contributed by atoms with Gasteiger partial charge >= 0.3 is 5.97 Å². The highest BCUT2D eigenvalue weighted by atomic mass is 16.4. The lowest BCUT2D eigenvalue weighted by molar-refractivity contribution is -0.152. The molecule has 4 nitrogen and oxygen atoms in total. The van der Waals surface area contributed by atoms with E-state index < -0.39 is 11.5 Å². The highest BCUT2D eigenvalue weighted by Gasteiger charge is 2.46. The molecule has 0 aromatic rings. The van der Waals surface area contributed by atoms with Gasteiger partial charge in [0.1, 0.15) is 5.54 Å². The summed E-state index contributed by atoms with van der Waals surface area (Å²) in [5, 5.41) is 12.1. The fourth-order valence-electron chi connectivity index (χ4n) is 3.47. The van der Waals surface area contributed by atoms with E-state index in [0.717, 1.165) is 38.0 Å². The van der Waals surface area contributed by atoms with Crippen LogP contribution >= 0.6 is 0 Å². The molecule has 2 N–H and O–H groups in total. The summed E-state index contributed by atoms with van der Waals surface area (Å²) in [6.07, 6.45) is 9.97. The van der Waals surface area contributed by atoms with Crippen molar-refractivity contribution in [3.8, 4) is 0 Å². The molecule has 0 aromatic heterocycles. The Bertz CT molecular complexity index is 355. The Hall–Kier alpha value is -1.06. The smallest absolute Gasteiger partial charge is 0.329 e. The summed E-state index contributed by atoms with van der Waals surface area (Å²) < 4.78 is 0. The zero-order valence-electron chi connectivity index (χ0n) is 12.5. The van der Waals surface area contributed by atoms with E-state index in [1.165, 1.54) is 19.3 Å². The molecule has 0 bridgehead atoms. The first-order valence-corrected chi connectivity index (χ1v) is 8.13. The molecule has 0 unspecified atom stereocenters. The number of nitrogens with one attached hydrogen (secondary N) is 1. The van der Waals surface area contributed by atoms with E-state index in [4.69, 9.17) is 0 Å². The second-order valence-electron chi connectivity index (χ2n) is 6.59. The largest absolute Gasteiger partial charge is 0.480 e. The van der Waals surface area contributed by atoms with Crippen LogP contribution in [0.5, 0.6) is 0 Å². The number of carboxylic acid groups (broad SMARTS) is 1. The summed E-state index contributed by atoms with van der Waals surface area (Å²) in [7, 11) is 0. The normalized spacial score (nSPS) is 28.4.